The lowest BCUT2D eigenvalue weighted by atomic mass is 9.84. The molecule has 3 amide bonds. The van der Waals surface area contributed by atoms with E-state index in [4.69, 9.17) is 25.8 Å². The van der Waals surface area contributed by atoms with Gasteiger partial charge in [0.1, 0.15) is 11.8 Å². The van der Waals surface area contributed by atoms with Gasteiger partial charge < -0.3 is 24.4 Å². The number of nitrogens with zero attached hydrogens (tertiary/aromatic N) is 2. The van der Waals surface area contributed by atoms with Crippen LogP contribution >= 0.6 is 11.6 Å². The Bertz CT molecular complexity index is 1610. The van der Waals surface area contributed by atoms with Crippen molar-refractivity contribution < 1.29 is 28.6 Å². The predicted octanol–water partition coefficient (Wildman–Crippen LogP) is 4.23. The third kappa shape index (κ3) is 3.72. The Labute approximate surface area is 234 Å². The molecule has 7 rings (SSSR count). The summed E-state index contributed by atoms with van der Waals surface area (Å²) in [6.45, 7) is 0.200. The molecule has 10 heteroatoms. The highest BCUT2D eigenvalue weighted by Crippen LogP contribution is 2.53. The van der Waals surface area contributed by atoms with E-state index in [-0.39, 0.29) is 25.2 Å². The Balaban J connectivity index is 1.26. The molecule has 9 nitrogen and oxygen atoms in total. The summed E-state index contributed by atoms with van der Waals surface area (Å²) < 4.78 is 16.3. The fourth-order valence-electron chi connectivity index (χ4n) is 6.28. The van der Waals surface area contributed by atoms with Crippen molar-refractivity contribution in [3.8, 4) is 17.2 Å². The molecule has 2 saturated heterocycles. The van der Waals surface area contributed by atoms with Gasteiger partial charge in [0, 0.05) is 11.2 Å². The zero-order valence-corrected chi connectivity index (χ0v) is 22.1. The molecule has 0 aromatic heterocycles. The third-order valence-corrected chi connectivity index (χ3v) is 8.25. The number of hydrogen-bond acceptors (Lipinski definition) is 7. The van der Waals surface area contributed by atoms with Gasteiger partial charge in [0.2, 0.25) is 24.5 Å². The van der Waals surface area contributed by atoms with Crippen molar-refractivity contribution >= 4 is 41.1 Å². The molecular formula is C30H24ClN3O6. The van der Waals surface area contributed by atoms with Crippen LogP contribution in [0, 0.1) is 11.8 Å². The van der Waals surface area contributed by atoms with E-state index in [0.717, 1.165) is 16.7 Å². The molecule has 4 aliphatic heterocycles. The number of methoxy groups -OCH3 is 1. The van der Waals surface area contributed by atoms with Gasteiger partial charge in [0.15, 0.2) is 11.5 Å². The lowest BCUT2D eigenvalue weighted by Crippen LogP contribution is -2.46. The van der Waals surface area contributed by atoms with Gasteiger partial charge in [0.25, 0.3) is 0 Å². The molecule has 2 fully saturated rings. The largest absolute Gasteiger partial charge is 0.495 e. The van der Waals surface area contributed by atoms with Gasteiger partial charge in [0.05, 0.1) is 37.2 Å². The van der Waals surface area contributed by atoms with E-state index in [1.807, 2.05) is 47.5 Å². The molecule has 0 aliphatic carbocycles. The minimum atomic E-state index is -0.929. The van der Waals surface area contributed by atoms with Crippen molar-refractivity contribution in [1.29, 1.82) is 0 Å². The van der Waals surface area contributed by atoms with Gasteiger partial charge in [-0.1, -0.05) is 41.9 Å². The number of halogens is 1. The Hall–Kier alpha value is -4.50. The van der Waals surface area contributed by atoms with Crippen molar-refractivity contribution in [3.63, 3.8) is 0 Å². The molecular weight excluding hydrogens is 534 g/mol. The lowest BCUT2D eigenvalue weighted by molar-refractivity contribution is -0.143. The maximum absolute atomic E-state index is 14.0. The maximum Gasteiger partial charge on any atom is 0.248 e. The fourth-order valence-corrected chi connectivity index (χ4v) is 6.45. The van der Waals surface area contributed by atoms with Gasteiger partial charge in [-0.05, 0) is 53.1 Å². The lowest BCUT2D eigenvalue weighted by Gasteiger charge is -2.35. The van der Waals surface area contributed by atoms with Gasteiger partial charge in [-0.2, -0.15) is 0 Å². The van der Waals surface area contributed by atoms with E-state index in [9.17, 15) is 14.4 Å². The van der Waals surface area contributed by atoms with Crippen LogP contribution in [0.25, 0.3) is 6.08 Å². The van der Waals surface area contributed by atoms with Crippen LogP contribution in [0.2, 0.25) is 5.02 Å². The molecule has 0 radical (unpaired) electrons. The molecule has 4 atom stereocenters. The second-order valence-corrected chi connectivity index (χ2v) is 10.6. The summed E-state index contributed by atoms with van der Waals surface area (Å²) in [5, 5.41) is 3.33. The molecule has 0 bridgehead atoms. The Kier molecular flexibility index (Phi) is 5.71. The number of nitrogens with one attached hydrogen (secondary N) is 1. The number of carbonyl (C=O) groups is 3. The number of hydrogen-bond donors (Lipinski definition) is 1. The number of fused-ring (bicyclic) bond motifs is 6. The van der Waals surface area contributed by atoms with Gasteiger partial charge in [-0.15, -0.1) is 0 Å². The highest BCUT2D eigenvalue weighted by atomic mass is 35.5. The first-order valence-corrected chi connectivity index (χ1v) is 13.2. The van der Waals surface area contributed by atoms with E-state index in [1.165, 1.54) is 12.0 Å². The predicted molar refractivity (Wildman–Crippen MR) is 146 cm³/mol. The highest BCUT2D eigenvalue weighted by Gasteiger charge is 2.64. The topological polar surface area (TPSA) is 97.4 Å². The van der Waals surface area contributed by atoms with E-state index < -0.39 is 29.8 Å². The van der Waals surface area contributed by atoms with Gasteiger partial charge in [-0.25, -0.2) is 0 Å². The van der Waals surface area contributed by atoms with Crippen LogP contribution in [0.5, 0.6) is 17.2 Å². The van der Waals surface area contributed by atoms with Gasteiger partial charge in [-0.3, -0.25) is 19.3 Å². The summed E-state index contributed by atoms with van der Waals surface area (Å²) in [4.78, 5) is 45.1. The maximum atomic E-state index is 14.0. The van der Waals surface area contributed by atoms with Crippen molar-refractivity contribution in [2.24, 2.45) is 11.8 Å². The first kappa shape index (κ1) is 24.5. The van der Waals surface area contributed by atoms with Crippen LogP contribution in [0.3, 0.4) is 0 Å². The minimum absolute atomic E-state index is 0.0714. The summed E-state index contributed by atoms with van der Waals surface area (Å²) >= 11 is 6.20. The number of carbonyl (C=O) groups excluding carboxylic acids is 3. The van der Waals surface area contributed by atoms with Crippen molar-refractivity contribution in [2.75, 3.05) is 19.2 Å². The Morgan fingerprint density at radius 2 is 1.82 bits per heavy atom. The minimum Gasteiger partial charge on any atom is -0.495 e. The molecule has 4 aliphatic rings. The van der Waals surface area contributed by atoms with Crippen LogP contribution in [0.1, 0.15) is 22.7 Å². The smallest absolute Gasteiger partial charge is 0.248 e. The second-order valence-electron chi connectivity index (χ2n) is 10.1. The second kappa shape index (κ2) is 9.31. The third-order valence-electron chi connectivity index (χ3n) is 8.02. The number of ether oxygens (including phenoxy) is 3. The fraction of sp³-hybridized carbons (Fsp3) is 0.233. The normalized spacial score (nSPS) is 23.6. The Morgan fingerprint density at radius 1 is 1.02 bits per heavy atom. The zero-order chi connectivity index (χ0) is 27.5. The molecule has 3 aromatic rings. The number of anilines is 1. The Morgan fingerprint density at radius 3 is 2.67 bits per heavy atom. The number of rotatable bonds is 5. The number of imide groups is 1. The number of likely N-dealkylation sites (tertiary alicyclic amines) is 1. The molecule has 1 N–H and O–H groups in total. The van der Waals surface area contributed by atoms with Crippen molar-refractivity contribution in [3.05, 3.63) is 88.6 Å². The van der Waals surface area contributed by atoms with Crippen molar-refractivity contribution in [1.82, 2.24) is 9.80 Å². The highest BCUT2D eigenvalue weighted by molar-refractivity contribution is 6.31. The van der Waals surface area contributed by atoms with Gasteiger partial charge >= 0.3 is 0 Å². The molecule has 0 spiro atoms. The monoisotopic (exact) mass is 557 g/mol. The number of benzene rings is 3. The van der Waals surface area contributed by atoms with Crippen LogP contribution in [0.4, 0.5) is 5.69 Å². The van der Waals surface area contributed by atoms with Crippen LogP contribution in [-0.4, -0.2) is 47.5 Å². The summed E-state index contributed by atoms with van der Waals surface area (Å²) in [5.74, 6) is -1.10. The molecule has 0 saturated carbocycles. The first-order valence-electron chi connectivity index (χ1n) is 12.9. The summed E-state index contributed by atoms with van der Waals surface area (Å²) in [6.07, 6.45) is 3.72. The van der Waals surface area contributed by atoms with Crippen molar-refractivity contribution in [2.45, 2.75) is 18.6 Å². The van der Waals surface area contributed by atoms with E-state index in [2.05, 4.69) is 5.32 Å². The van der Waals surface area contributed by atoms with E-state index in [0.29, 0.717) is 28.0 Å². The van der Waals surface area contributed by atoms with Crippen LogP contribution < -0.4 is 19.5 Å². The standard InChI is InChI=1S/C30H24ClN3O6/c1-38-21-9-7-18(31)13-20(21)32-28(35)27-25-24(26-19-5-3-2-4-17(19)10-11-33(26)27)29(36)34(30(25)37)14-16-6-8-22-23(12-16)40-15-39-22/h2-13,24-27H,14-15H2,1H3,(H,32,35)/t24-,25-,26-,27+/m1/s1. The molecule has 202 valence electrons. The average Bonchev–Trinajstić information content (AvgIpc) is 3.63. The first-order chi connectivity index (χ1) is 19.4. The van der Waals surface area contributed by atoms with Crippen LogP contribution in [-0.2, 0) is 20.9 Å². The summed E-state index contributed by atoms with van der Waals surface area (Å²) in [6, 6.07) is 16.6. The van der Waals surface area contributed by atoms with Crippen LogP contribution in [0.15, 0.2) is 66.9 Å². The molecule has 40 heavy (non-hydrogen) atoms. The summed E-state index contributed by atoms with van der Waals surface area (Å²) in [7, 11) is 1.50. The zero-order valence-electron chi connectivity index (χ0n) is 21.4. The average molecular weight is 558 g/mol. The number of amides is 3. The SMILES string of the molecule is COc1ccc(Cl)cc1NC(=O)[C@@H]1[C@@H]2C(=O)N(Cc3ccc4c(c3)OCO4)C(=O)[C@H]2[C@H]2c3ccccc3C=CN12. The molecule has 3 aromatic carbocycles. The summed E-state index contributed by atoms with van der Waals surface area (Å²) in [5.41, 5.74) is 2.98. The molecule has 0 unspecified atom stereocenters. The quantitative estimate of drug-likeness (QED) is 0.469. The van der Waals surface area contributed by atoms with E-state index >= 15 is 0 Å². The molecule has 4 heterocycles. The van der Waals surface area contributed by atoms with E-state index in [1.54, 1.807) is 30.3 Å².